The quantitative estimate of drug-likeness (QED) is 0.884. The normalized spacial score (nSPS) is 26.8. The summed E-state index contributed by atoms with van der Waals surface area (Å²) in [6.45, 7) is 4.69. The number of hydrogen-bond donors (Lipinski definition) is 1. The van der Waals surface area contributed by atoms with E-state index in [4.69, 9.17) is 9.47 Å². The predicted molar refractivity (Wildman–Crippen MR) is 67.6 cm³/mol. The fraction of sp³-hybridized carbons (Fsp3) is 0.571. The Morgan fingerprint density at radius 1 is 1.33 bits per heavy atom. The summed E-state index contributed by atoms with van der Waals surface area (Å²) in [6.07, 6.45) is 1.16. The van der Waals surface area contributed by atoms with Gasteiger partial charge in [-0.2, -0.15) is 0 Å². The summed E-state index contributed by atoms with van der Waals surface area (Å²) in [5.41, 5.74) is 1.21. The van der Waals surface area contributed by atoms with Gasteiger partial charge in [-0.1, -0.05) is 13.0 Å². The van der Waals surface area contributed by atoms with Gasteiger partial charge >= 0.3 is 0 Å². The molecule has 0 amide bonds. The number of nitrogens with zero attached hydrogens (tertiary/aromatic N) is 1. The number of aliphatic hydroxyl groups is 1. The molecular weight excluding hydrogens is 230 g/mol. The molecule has 1 fully saturated rings. The van der Waals surface area contributed by atoms with Gasteiger partial charge in [0.1, 0.15) is 0 Å². The average molecular weight is 249 g/mol. The van der Waals surface area contributed by atoms with Crippen LogP contribution >= 0.6 is 0 Å². The minimum atomic E-state index is 0.242. The maximum Gasteiger partial charge on any atom is 0.231 e. The van der Waals surface area contributed by atoms with E-state index in [0.29, 0.717) is 12.7 Å². The van der Waals surface area contributed by atoms with Gasteiger partial charge in [-0.15, -0.1) is 0 Å². The molecule has 1 aromatic rings. The van der Waals surface area contributed by atoms with E-state index in [0.717, 1.165) is 31.0 Å². The van der Waals surface area contributed by atoms with Crippen molar-refractivity contribution < 1.29 is 14.6 Å². The van der Waals surface area contributed by atoms with Crippen LogP contribution in [0.4, 0.5) is 0 Å². The maximum absolute atomic E-state index is 9.45. The van der Waals surface area contributed by atoms with Crippen molar-refractivity contribution in [2.45, 2.75) is 25.9 Å². The number of rotatable bonds is 3. The third-order valence-electron chi connectivity index (χ3n) is 4.01. The fourth-order valence-electron chi connectivity index (χ4n) is 2.85. The highest BCUT2D eigenvalue weighted by molar-refractivity contribution is 5.44. The number of aliphatic hydroxyl groups excluding tert-OH is 1. The van der Waals surface area contributed by atoms with E-state index < -0.39 is 0 Å². The lowest BCUT2D eigenvalue weighted by molar-refractivity contribution is 0.134. The third kappa shape index (κ3) is 2.06. The minimum Gasteiger partial charge on any atom is -0.454 e. The Balaban J connectivity index is 1.73. The molecule has 0 aromatic heterocycles. The second-order valence-electron chi connectivity index (χ2n) is 5.17. The highest BCUT2D eigenvalue weighted by atomic mass is 16.7. The lowest BCUT2D eigenvalue weighted by atomic mass is 10.0. The topological polar surface area (TPSA) is 41.9 Å². The number of likely N-dealkylation sites (tertiary alicyclic amines) is 1. The molecule has 2 atom stereocenters. The zero-order valence-electron chi connectivity index (χ0n) is 10.6. The summed E-state index contributed by atoms with van der Waals surface area (Å²) in [5, 5.41) is 9.45. The van der Waals surface area contributed by atoms with Crippen LogP contribution < -0.4 is 9.47 Å². The number of ether oxygens (including phenoxy) is 2. The van der Waals surface area contributed by atoms with Crippen LogP contribution in [0.25, 0.3) is 0 Å². The van der Waals surface area contributed by atoms with E-state index in [1.54, 1.807) is 0 Å². The van der Waals surface area contributed by atoms with Crippen molar-refractivity contribution in [3.63, 3.8) is 0 Å². The minimum absolute atomic E-state index is 0.242. The average Bonchev–Trinajstić information content (AvgIpc) is 2.96. The van der Waals surface area contributed by atoms with E-state index in [2.05, 4.69) is 17.9 Å². The second-order valence-corrected chi connectivity index (χ2v) is 5.17. The van der Waals surface area contributed by atoms with Crippen molar-refractivity contribution in [3.05, 3.63) is 23.8 Å². The molecule has 4 nitrogen and oxygen atoms in total. The van der Waals surface area contributed by atoms with Gasteiger partial charge in [0.05, 0.1) is 6.61 Å². The first-order chi connectivity index (χ1) is 8.78. The molecule has 0 saturated carbocycles. The molecule has 0 radical (unpaired) electrons. The van der Waals surface area contributed by atoms with E-state index in [-0.39, 0.29) is 12.6 Å². The van der Waals surface area contributed by atoms with E-state index in [1.165, 1.54) is 5.56 Å². The van der Waals surface area contributed by atoms with Crippen LogP contribution in [0.5, 0.6) is 11.5 Å². The van der Waals surface area contributed by atoms with Crippen molar-refractivity contribution in [1.82, 2.24) is 4.90 Å². The van der Waals surface area contributed by atoms with Gasteiger partial charge in [0.25, 0.3) is 0 Å². The molecule has 2 aliphatic heterocycles. The zero-order valence-corrected chi connectivity index (χ0v) is 10.6. The predicted octanol–water partition coefficient (Wildman–Crippen LogP) is 1.62. The van der Waals surface area contributed by atoms with Crippen molar-refractivity contribution in [2.24, 2.45) is 5.92 Å². The SMILES string of the molecule is CC1CCN(Cc2ccc3c(c2)OCO3)C1CO. The Labute approximate surface area is 107 Å². The Hall–Kier alpha value is -1.26. The summed E-state index contributed by atoms with van der Waals surface area (Å²) in [4.78, 5) is 2.35. The number of fused-ring (bicyclic) bond motifs is 1. The van der Waals surface area contributed by atoms with Gasteiger partial charge in [0.15, 0.2) is 11.5 Å². The van der Waals surface area contributed by atoms with Crippen molar-refractivity contribution in [1.29, 1.82) is 0 Å². The zero-order chi connectivity index (χ0) is 12.5. The van der Waals surface area contributed by atoms with E-state index in [9.17, 15) is 5.11 Å². The van der Waals surface area contributed by atoms with Crippen LogP contribution in [-0.4, -0.2) is 36.0 Å². The highest BCUT2D eigenvalue weighted by Crippen LogP contribution is 2.33. The summed E-state index contributed by atoms with van der Waals surface area (Å²) in [5.74, 6) is 2.23. The molecule has 1 saturated heterocycles. The lowest BCUT2D eigenvalue weighted by Crippen LogP contribution is -2.34. The Morgan fingerprint density at radius 3 is 3.00 bits per heavy atom. The summed E-state index contributed by atoms with van der Waals surface area (Å²) < 4.78 is 10.7. The molecule has 3 rings (SSSR count). The molecule has 18 heavy (non-hydrogen) atoms. The Morgan fingerprint density at radius 2 is 2.17 bits per heavy atom. The molecule has 0 bridgehead atoms. The molecule has 2 heterocycles. The van der Waals surface area contributed by atoms with Gasteiger partial charge < -0.3 is 14.6 Å². The van der Waals surface area contributed by atoms with Crippen molar-refractivity contribution >= 4 is 0 Å². The molecule has 2 unspecified atom stereocenters. The Kier molecular flexibility index (Phi) is 3.14. The molecular formula is C14H19NO3. The van der Waals surface area contributed by atoms with E-state index in [1.807, 2.05) is 12.1 Å². The maximum atomic E-state index is 9.45. The molecule has 1 aromatic carbocycles. The van der Waals surface area contributed by atoms with Gasteiger partial charge in [-0.3, -0.25) is 4.90 Å². The first-order valence-electron chi connectivity index (χ1n) is 6.51. The van der Waals surface area contributed by atoms with Crippen LogP contribution in [0.3, 0.4) is 0 Å². The summed E-state index contributed by atoms with van der Waals surface area (Å²) >= 11 is 0. The number of benzene rings is 1. The van der Waals surface area contributed by atoms with Gasteiger partial charge in [0, 0.05) is 12.6 Å². The largest absolute Gasteiger partial charge is 0.454 e. The highest BCUT2D eigenvalue weighted by Gasteiger charge is 2.30. The molecule has 98 valence electrons. The standard InChI is InChI=1S/C14H19NO3/c1-10-4-5-15(12(10)8-16)7-11-2-3-13-14(6-11)18-9-17-13/h2-3,6,10,12,16H,4-5,7-9H2,1H3. The lowest BCUT2D eigenvalue weighted by Gasteiger charge is -2.25. The van der Waals surface area contributed by atoms with Gasteiger partial charge in [-0.05, 0) is 36.6 Å². The first kappa shape index (κ1) is 11.8. The Bertz CT molecular complexity index is 435. The van der Waals surface area contributed by atoms with Crippen LogP contribution in [0.15, 0.2) is 18.2 Å². The van der Waals surface area contributed by atoms with Crippen LogP contribution in [0.1, 0.15) is 18.9 Å². The molecule has 4 heteroatoms. The molecule has 2 aliphatic rings. The number of hydrogen-bond acceptors (Lipinski definition) is 4. The van der Waals surface area contributed by atoms with Crippen LogP contribution in [0.2, 0.25) is 0 Å². The smallest absolute Gasteiger partial charge is 0.231 e. The summed E-state index contributed by atoms with van der Waals surface area (Å²) in [6, 6.07) is 6.37. The van der Waals surface area contributed by atoms with Crippen molar-refractivity contribution in [2.75, 3.05) is 19.9 Å². The van der Waals surface area contributed by atoms with Crippen LogP contribution in [0, 0.1) is 5.92 Å². The van der Waals surface area contributed by atoms with Gasteiger partial charge in [0.2, 0.25) is 6.79 Å². The van der Waals surface area contributed by atoms with Gasteiger partial charge in [-0.25, -0.2) is 0 Å². The summed E-state index contributed by atoms with van der Waals surface area (Å²) in [7, 11) is 0. The van der Waals surface area contributed by atoms with Crippen LogP contribution in [-0.2, 0) is 6.54 Å². The third-order valence-corrected chi connectivity index (χ3v) is 4.01. The fourth-order valence-corrected chi connectivity index (χ4v) is 2.85. The van der Waals surface area contributed by atoms with E-state index >= 15 is 0 Å². The molecule has 0 aliphatic carbocycles. The molecule has 0 spiro atoms. The van der Waals surface area contributed by atoms with Crippen molar-refractivity contribution in [3.8, 4) is 11.5 Å². The monoisotopic (exact) mass is 249 g/mol. The second kappa shape index (κ2) is 4.78. The molecule has 1 N–H and O–H groups in total. The first-order valence-corrected chi connectivity index (χ1v) is 6.51.